The number of anilines is 3. The summed E-state index contributed by atoms with van der Waals surface area (Å²) in [5.74, 6) is 0. The van der Waals surface area contributed by atoms with Gasteiger partial charge in [-0.15, -0.1) is 11.3 Å². The SMILES string of the molecule is CC1(C)c2ccccc2-c2ccc(N(c3ccc4sc5ccccc5c4c3)c3cccc4c3-c3ccccc3C43C4=C(C=CCC4)c4ccccc43)cc21. The van der Waals surface area contributed by atoms with E-state index < -0.39 is 0 Å². The van der Waals surface area contributed by atoms with Gasteiger partial charge in [0.2, 0.25) is 0 Å². The maximum absolute atomic E-state index is 2.57. The normalized spacial score (nSPS) is 18.1. The molecule has 0 saturated heterocycles. The van der Waals surface area contributed by atoms with E-state index in [4.69, 9.17) is 0 Å². The summed E-state index contributed by atoms with van der Waals surface area (Å²) in [6.45, 7) is 4.77. The van der Waals surface area contributed by atoms with Crippen LogP contribution in [0, 0.1) is 0 Å². The minimum atomic E-state index is -0.320. The molecule has 0 N–H and O–H groups in total. The average Bonchev–Trinajstić information content (AvgIpc) is 3.91. The second-order valence-electron chi connectivity index (χ2n) is 15.9. The molecule has 1 aromatic heterocycles. The Kier molecular flexibility index (Phi) is 6.10. The van der Waals surface area contributed by atoms with E-state index >= 15 is 0 Å². The van der Waals surface area contributed by atoms with Gasteiger partial charge in [-0.1, -0.05) is 135 Å². The second kappa shape index (κ2) is 10.8. The van der Waals surface area contributed by atoms with Crippen molar-refractivity contribution in [1.29, 1.82) is 0 Å². The summed E-state index contributed by atoms with van der Waals surface area (Å²) in [7, 11) is 0. The highest BCUT2D eigenvalue weighted by molar-refractivity contribution is 7.25. The molecule has 0 saturated carbocycles. The van der Waals surface area contributed by atoms with Crippen molar-refractivity contribution in [2.45, 2.75) is 37.5 Å². The topological polar surface area (TPSA) is 3.24 Å². The lowest BCUT2D eigenvalue weighted by atomic mass is 9.68. The summed E-state index contributed by atoms with van der Waals surface area (Å²) in [4.78, 5) is 2.57. The lowest BCUT2D eigenvalue weighted by molar-refractivity contribution is 0.660. The van der Waals surface area contributed by atoms with Crippen LogP contribution in [0.2, 0.25) is 0 Å². The van der Waals surface area contributed by atoms with Crippen molar-refractivity contribution in [3.05, 3.63) is 203 Å². The minimum Gasteiger partial charge on any atom is -0.310 e. The first-order chi connectivity index (χ1) is 26.5. The molecule has 1 atom stereocenters. The smallest absolute Gasteiger partial charge is 0.0689 e. The summed E-state index contributed by atoms with van der Waals surface area (Å²) >= 11 is 1.88. The lowest BCUT2D eigenvalue weighted by Gasteiger charge is -2.34. The number of hydrogen-bond acceptors (Lipinski definition) is 2. The molecule has 1 spiro atoms. The Morgan fingerprint density at radius 3 is 2.04 bits per heavy atom. The first kappa shape index (κ1) is 30.5. The van der Waals surface area contributed by atoms with Crippen LogP contribution in [0.3, 0.4) is 0 Å². The zero-order valence-corrected chi connectivity index (χ0v) is 31.2. The van der Waals surface area contributed by atoms with Gasteiger partial charge < -0.3 is 4.90 Å². The molecule has 2 heteroatoms. The van der Waals surface area contributed by atoms with E-state index in [1.54, 1.807) is 5.57 Å². The van der Waals surface area contributed by atoms with Crippen molar-refractivity contribution in [2.24, 2.45) is 0 Å². The molecule has 0 fully saturated rings. The number of benzene rings is 7. The van der Waals surface area contributed by atoms with Crippen LogP contribution < -0.4 is 4.90 Å². The third kappa shape index (κ3) is 3.79. The van der Waals surface area contributed by atoms with Crippen molar-refractivity contribution in [3.8, 4) is 22.3 Å². The molecule has 12 rings (SSSR count). The second-order valence-corrected chi connectivity index (χ2v) is 17.0. The third-order valence-corrected chi connectivity index (χ3v) is 14.1. The van der Waals surface area contributed by atoms with E-state index in [1.807, 2.05) is 11.3 Å². The van der Waals surface area contributed by atoms with Crippen LogP contribution in [0.25, 0.3) is 48.0 Å². The van der Waals surface area contributed by atoms with E-state index in [1.165, 1.54) is 98.4 Å². The Hall–Kier alpha value is -5.96. The molecule has 54 heavy (non-hydrogen) atoms. The monoisotopic (exact) mass is 707 g/mol. The number of nitrogens with zero attached hydrogens (tertiary/aromatic N) is 1. The summed E-state index contributed by atoms with van der Waals surface area (Å²) in [5.41, 5.74) is 19.9. The van der Waals surface area contributed by atoms with E-state index in [2.05, 4.69) is 183 Å². The fraction of sp³-hybridized carbons (Fsp3) is 0.115. The van der Waals surface area contributed by atoms with Gasteiger partial charge in [0.25, 0.3) is 0 Å². The largest absolute Gasteiger partial charge is 0.310 e. The number of hydrogen-bond donors (Lipinski definition) is 0. The summed E-state index contributed by atoms with van der Waals surface area (Å²) in [5, 5.41) is 2.63. The molecule has 0 bridgehead atoms. The number of allylic oxidation sites excluding steroid dienone is 4. The predicted octanol–water partition coefficient (Wildman–Crippen LogP) is 14.3. The summed E-state index contributed by atoms with van der Waals surface area (Å²) < 4.78 is 2.65. The average molecular weight is 708 g/mol. The van der Waals surface area contributed by atoms with Gasteiger partial charge >= 0.3 is 0 Å². The Morgan fingerprint density at radius 2 is 1.17 bits per heavy atom. The summed E-state index contributed by atoms with van der Waals surface area (Å²) in [6, 6.07) is 57.7. The van der Waals surface area contributed by atoms with Crippen molar-refractivity contribution in [3.63, 3.8) is 0 Å². The zero-order valence-electron chi connectivity index (χ0n) is 30.4. The Bertz CT molecular complexity index is 2990. The van der Waals surface area contributed by atoms with Crippen LogP contribution in [0.4, 0.5) is 17.1 Å². The highest BCUT2D eigenvalue weighted by atomic mass is 32.1. The lowest BCUT2D eigenvalue weighted by Crippen LogP contribution is -2.27. The van der Waals surface area contributed by atoms with Gasteiger partial charge in [-0.25, -0.2) is 0 Å². The Morgan fingerprint density at radius 1 is 0.519 bits per heavy atom. The molecular weight excluding hydrogens is 671 g/mol. The first-order valence-corrected chi connectivity index (χ1v) is 20.1. The van der Waals surface area contributed by atoms with E-state index in [0.29, 0.717) is 0 Å². The van der Waals surface area contributed by atoms with Crippen LogP contribution in [0.1, 0.15) is 60.1 Å². The molecule has 0 aliphatic heterocycles. The van der Waals surface area contributed by atoms with Crippen LogP contribution >= 0.6 is 11.3 Å². The van der Waals surface area contributed by atoms with Gasteiger partial charge in [0, 0.05) is 42.5 Å². The molecule has 0 amide bonds. The Labute approximate surface area is 320 Å². The van der Waals surface area contributed by atoms with E-state index in [9.17, 15) is 0 Å². The van der Waals surface area contributed by atoms with Gasteiger partial charge in [0.05, 0.1) is 11.1 Å². The van der Waals surface area contributed by atoms with Crippen LogP contribution in [-0.4, -0.2) is 0 Å². The molecule has 4 aliphatic carbocycles. The van der Waals surface area contributed by atoms with E-state index in [0.717, 1.165) is 12.8 Å². The highest BCUT2D eigenvalue weighted by Crippen LogP contribution is 2.65. The van der Waals surface area contributed by atoms with Crippen molar-refractivity contribution in [2.75, 3.05) is 4.90 Å². The molecule has 256 valence electrons. The van der Waals surface area contributed by atoms with Gasteiger partial charge in [0.1, 0.15) is 0 Å². The molecular formula is C52H37NS. The van der Waals surface area contributed by atoms with Crippen LogP contribution in [0.15, 0.2) is 169 Å². The number of thiophene rings is 1. The van der Waals surface area contributed by atoms with E-state index in [-0.39, 0.29) is 10.8 Å². The minimum absolute atomic E-state index is 0.110. The van der Waals surface area contributed by atoms with Crippen molar-refractivity contribution in [1.82, 2.24) is 0 Å². The van der Waals surface area contributed by atoms with Crippen LogP contribution in [-0.2, 0) is 10.8 Å². The number of rotatable bonds is 3. The first-order valence-electron chi connectivity index (χ1n) is 19.2. The van der Waals surface area contributed by atoms with Crippen molar-refractivity contribution < 1.29 is 0 Å². The predicted molar refractivity (Wildman–Crippen MR) is 229 cm³/mol. The molecule has 1 nitrogen and oxygen atoms in total. The molecule has 1 heterocycles. The molecule has 0 radical (unpaired) electrons. The molecule has 8 aromatic rings. The quantitative estimate of drug-likeness (QED) is 0.177. The zero-order chi connectivity index (χ0) is 35.8. The van der Waals surface area contributed by atoms with Gasteiger partial charge in [-0.2, -0.15) is 0 Å². The third-order valence-electron chi connectivity index (χ3n) is 13.0. The molecule has 1 unspecified atom stereocenters. The highest BCUT2D eigenvalue weighted by Gasteiger charge is 2.53. The van der Waals surface area contributed by atoms with Gasteiger partial charge in [-0.3, -0.25) is 0 Å². The molecule has 7 aromatic carbocycles. The maximum Gasteiger partial charge on any atom is 0.0689 e. The van der Waals surface area contributed by atoms with Crippen LogP contribution in [0.5, 0.6) is 0 Å². The summed E-state index contributed by atoms with van der Waals surface area (Å²) in [6.07, 6.45) is 6.89. The van der Waals surface area contributed by atoms with Gasteiger partial charge in [0.15, 0.2) is 0 Å². The van der Waals surface area contributed by atoms with Gasteiger partial charge in [-0.05, 0) is 117 Å². The standard InChI is InChI=1S/C52H37NS/c1-51(2)41-19-8-3-14-34(41)37-28-26-33(31-46(37)51)53(32-27-29-49-40(30-32)38-17-7-12-25-48(38)54-49)47-24-13-23-45-50(47)39-18-6-11-22-44(39)52(45)42-20-9-4-15-35(42)36-16-5-10-21-43(36)52/h3-9,11-20,22-31H,10,21H2,1-2H3. The fourth-order valence-electron chi connectivity index (χ4n) is 10.7. The fourth-order valence-corrected chi connectivity index (χ4v) is 11.8. The molecule has 4 aliphatic rings. The maximum atomic E-state index is 2.57. The van der Waals surface area contributed by atoms with Crippen molar-refractivity contribution >= 4 is 54.1 Å². The number of fused-ring (bicyclic) bond motifs is 15. The Balaban J connectivity index is 1.16.